The molecule has 0 aliphatic rings. The highest BCUT2D eigenvalue weighted by Gasteiger charge is 2.16. The minimum absolute atomic E-state index is 0.159. The van der Waals surface area contributed by atoms with E-state index in [-0.39, 0.29) is 11.6 Å². The van der Waals surface area contributed by atoms with Crippen LogP contribution < -0.4 is 14.8 Å². The molecule has 1 heterocycles. The normalized spacial score (nSPS) is 10.2. The van der Waals surface area contributed by atoms with Crippen LogP contribution in [-0.4, -0.2) is 31.0 Å². The molecule has 0 saturated heterocycles. The zero-order valence-corrected chi connectivity index (χ0v) is 16.8. The largest absolute Gasteiger partial charge is 0.493 e. The zero-order chi connectivity index (χ0) is 20.6. The van der Waals surface area contributed by atoms with E-state index in [0.29, 0.717) is 40.7 Å². The van der Waals surface area contributed by atoms with Gasteiger partial charge in [0.25, 0.3) is 5.91 Å². The van der Waals surface area contributed by atoms with E-state index in [1.807, 2.05) is 24.3 Å². The Hall–Kier alpha value is -3.44. The number of hydrogen-bond acceptors (Lipinski definition) is 7. The molecule has 0 aliphatic heterocycles. The number of nitrogens with zero attached hydrogens (tertiary/aromatic N) is 2. The van der Waals surface area contributed by atoms with Crippen LogP contribution in [0.15, 0.2) is 57.9 Å². The molecule has 0 fully saturated rings. The van der Waals surface area contributed by atoms with Gasteiger partial charge in [-0.05, 0) is 30.3 Å². The lowest BCUT2D eigenvalue weighted by molar-refractivity contribution is 0.101. The molecule has 0 atom stereocenters. The van der Waals surface area contributed by atoms with E-state index < -0.39 is 0 Å². The van der Waals surface area contributed by atoms with Crippen molar-refractivity contribution in [2.45, 2.75) is 11.3 Å². The van der Waals surface area contributed by atoms with Gasteiger partial charge in [-0.3, -0.25) is 4.79 Å². The van der Waals surface area contributed by atoms with E-state index in [1.165, 1.54) is 11.8 Å². The summed E-state index contributed by atoms with van der Waals surface area (Å²) in [6, 6.07) is 16.4. The van der Waals surface area contributed by atoms with E-state index in [9.17, 15) is 4.79 Å². The highest BCUT2D eigenvalue weighted by Crippen LogP contribution is 2.33. The molecule has 0 bridgehead atoms. The fourth-order valence-corrected chi connectivity index (χ4v) is 3.46. The van der Waals surface area contributed by atoms with Crippen LogP contribution in [0.1, 0.15) is 16.9 Å². The molecule has 1 aromatic heterocycles. The highest BCUT2D eigenvalue weighted by molar-refractivity contribution is 7.99. The second kappa shape index (κ2) is 9.66. The van der Waals surface area contributed by atoms with Gasteiger partial charge >= 0.3 is 0 Å². The first-order valence-corrected chi connectivity index (χ1v) is 9.74. The molecule has 2 aromatic carbocycles. The van der Waals surface area contributed by atoms with Gasteiger partial charge < -0.3 is 19.3 Å². The maximum Gasteiger partial charge on any atom is 0.277 e. The van der Waals surface area contributed by atoms with Crippen LogP contribution in [0.2, 0.25) is 0 Å². The number of rotatable bonds is 8. The molecule has 0 spiro atoms. The number of benzene rings is 2. The second-order valence-electron chi connectivity index (χ2n) is 5.85. The maximum absolute atomic E-state index is 12.6. The molecular formula is C21H19N3O4S. The van der Waals surface area contributed by atoms with Crippen LogP contribution in [0.5, 0.6) is 11.5 Å². The first kappa shape index (κ1) is 20.3. The number of amides is 1. The molecule has 3 rings (SSSR count). The third-order valence-electron chi connectivity index (χ3n) is 4.02. The Balaban J connectivity index is 1.76. The molecule has 0 unspecified atom stereocenters. The zero-order valence-electron chi connectivity index (χ0n) is 16.0. The minimum Gasteiger partial charge on any atom is -0.493 e. The number of thioether (sulfide) groups is 1. The summed E-state index contributed by atoms with van der Waals surface area (Å²) in [5.41, 5.74) is 1.53. The van der Waals surface area contributed by atoms with Gasteiger partial charge in [-0.2, -0.15) is 5.26 Å². The number of aromatic nitrogens is 1. The van der Waals surface area contributed by atoms with Crippen LogP contribution >= 0.6 is 11.8 Å². The lowest BCUT2D eigenvalue weighted by atomic mass is 10.1. The van der Waals surface area contributed by atoms with Crippen molar-refractivity contribution in [3.8, 4) is 28.9 Å². The van der Waals surface area contributed by atoms with E-state index in [2.05, 4.69) is 16.5 Å². The van der Waals surface area contributed by atoms with Crippen LogP contribution in [0.3, 0.4) is 0 Å². The van der Waals surface area contributed by atoms with Gasteiger partial charge in [-0.15, -0.1) is 11.8 Å². The van der Waals surface area contributed by atoms with E-state index in [0.717, 1.165) is 4.90 Å². The Labute approximate surface area is 172 Å². The number of ether oxygens (including phenoxy) is 2. The minimum atomic E-state index is -0.381. The Morgan fingerprint density at radius 2 is 1.97 bits per heavy atom. The predicted octanol–water partition coefficient (Wildman–Crippen LogP) is 4.62. The lowest BCUT2D eigenvalue weighted by Crippen LogP contribution is -2.12. The maximum atomic E-state index is 12.6. The van der Waals surface area contributed by atoms with Gasteiger partial charge in [0, 0.05) is 28.7 Å². The fraction of sp³-hybridized carbons (Fsp3) is 0.190. The molecule has 29 heavy (non-hydrogen) atoms. The third kappa shape index (κ3) is 4.89. The van der Waals surface area contributed by atoms with Gasteiger partial charge in [-0.1, -0.05) is 17.3 Å². The van der Waals surface area contributed by atoms with Crippen LogP contribution in [-0.2, 0) is 0 Å². The molecule has 0 radical (unpaired) electrons. The molecule has 7 nitrogen and oxygen atoms in total. The van der Waals surface area contributed by atoms with Gasteiger partial charge in [0.2, 0.25) is 0 Å². The van der Waals surface area contributed by atoms with Crippen molar-refractivity contribution in [3.63, 3.8) is 0 Å². The van der Waals surface area contributed by atoms with Gasteiger partial charge in [-0.25, -0.2) is 0 Å². The number of carbonyl (C=O) groups excluding carboxylic acids is 1. The number of nitriles is 1. The summed E-state index contributed by atoms with van der Waals surface area (Å²) in [6.45, 7) is 0. The Kier molecular flexibility index (Phi) is 6.76. The second-order valence-corrected chi connectivity index (χ2v) is 6.99. The molecule has 0 aliphatic carbocycles. The summed E-state index contributed by atoms with van der Waals surface area (Å²) < 4.78 is 15.9. The van der Waals surface area contributed by atoms with Crippen molar-refractivity contribution in [3.05, 3.63) is 54.2 Å². The fourth-order valence-electron chi connectivity index (χ4n) is 2.60. The van der Waals surface area contributed by atoms with E-state index >= 15 is 0 Å². The Morgan fingerprint density at radius 1 is 1.17 bits per heavy atom. The number of para-hydroxylation sites is 1. The summed E-state index contributed by atoms with van der Waals surface area (Å²) >= 11 is 1.51. The van der Waals surface area contributed by atoms with Crippen molar-refractivity contribution in [2.75, 3.05) is 25.3 Å². The van der Waals surface area contributed by atoms with Gasteiger partial charge in [0.05, 0.1) is 26.0 Å². The number of nitrogens with one attached hydrogen (secondary N) is 1. The third-order valence-corrected chi connectivity index (χ3v) is 5.09. The highest BCUT2D eigenvalue weighted by atomic mass is 32.2. The summed E-state index contributed by atoms with van der Waals surface area (Å²) in [4.78, 5) is 13.5. The molecule has 1 N–H and O–H groups in total. The van der Waals surface area contributed by atoms with Crippen molar-refractivity contribution in [1.82, 2.24) is 5.16 Å². The standard InChI is InChI=1S/C21H19N3O4S/c1-26-17-9-8-14(12-19(17)27-2)18-13-16(24-28-18)21(25)23-15-6-3-4-7-20(15)29-11-5-10-22/h3-4,6-9,12-13H,5,11H2,1-2H3,(H,23,25). The first-order valence-electron chi connectivity index (χ1n) is 8.75. The quantitative estimate of drug-likeness (QED) is 0.428. The van der Waals surface area contributed by atoms with Gasteiger partial charge in [0.1, 0.15) is 0 Å². The average molecular weight is 409 g/mol. The van der Waals surface area contributed by atoms with Crippen molar-refractivity contribution < 1.29 is 18.8 Å². The lowest BCUT2D eigenvalue weighted by Gasteiger charge is -2.08. The van der Waals surface area contributed by atoms with Crippen LogP contribution in [0.25, 0.3) is 11.3 Å². The molecule has 1 amide bonds. The molecule has 8 heteroatoms. The SMILES string of the molecule is COc1ccc(-c2cc(C(=O)Nc3ccccc3SCCC#N)no2)cc1OC. The summed E-state index contributed by atoms with van der Waals surface area (Å²) in [7, 11) is 3.11. The van der Waals surface area contributed by atoms with E-state index in [1.54, 1.807) is 38.5 Å². The Bertz CT molecular complexity index is 1040. The number of anilines is 1. The monoisotopic (exact) mass is 409 g/mol. The topological polar surface area (TPSA) is 97.4 Å². The predicted molar refractivity (Wildman–Crippen MR) is 110 cm³/mol. The number of hydrogen-bond donors (Lipinski definition) is 1. The average Bonchev–Trinajstić information content (AvgIpc) is 3.25. The molecule has 148 valence electrons. The molecule has 0 saturated carbocycles. The summed E-state index contributed by atoms with van der Waals surface area (Å²) in [5, 5.41) is 15.4. The molecular weight excluding hydrogens is 390 g/mol. The number of methoxy groups -OCH3 is 2. The first-order chi connectivity index (χ1) is 14.2. The molecule has 3 aromatic rings. The van der Waals surface area contributed by atoms with Crippen molar-refractivity contribution in [1.29, 1.82) is 5.26 Å². The summed E-state index contributed by atoms with van der Waals surface area (Å²) in [5.74, 6) is 1.85. The van der Waals surface area contributed by atoms with Gasteiger partial charge in [0.15, 0.2) is 23.0 Å². The smallest absolute Gasteiger partial charge is 0.277 e. The van der Waals surface area contributed by atoms with Crippen LogP contribution in [0.4, 0.5) is 5.69 Å². The van der Waals surface area contributed by atoms with Crippen molar-refractivity contribution >= 4 is 23.4 Å². The van der Waals surface area contributed by atoms with Crippen LogP contribution in [0, 0.1) is 11.3 Å². The Morgan fingerprint density at radius 3 is 2.72 bits per heavy atom. The van der Waals surface area contributed by atoms with E-state index in [4.69, 9.17) is 19.3 Å². The van der Waals surface area contributed by atoms with Crippen molar-refractivity contribution in [2.24, 2.45) is 0 Å². The summed E-state index contributed by atoms with van der Waals surface area (Å²) in [6.07, 6.45) is 0.435. The number of carbonyl (C=O) groups is 1.